The molecule has 0 unspecified atom stereocenters. The third kappa shape index (κ3) is 3.91. The molecule has 0 radical (unpaired) electrons. The third-order valence-electron chi connectivity index (χ3n) is 2.58. The Labute approximate surface area is 117 Å². The van der Waals surface area contributed by atoms with E-state index in [0.29, 0.717) is 0 Å². The quantitative estimate of drug-likeness (QED) is 0.683. The van der Waals surface area contributed by atoms with E-state index in [9.17, 15) is 13.2 Å². The fourth-order valence-electron chi connectivity index (χ4n) is 1.63. The first-order chi connectivity index (χ1) is 9.45. The molecular formula is C14H13NO4S. The second-order valence-electron chi connectivity index (χ2n) is 4.15. The average molecular weight is 291 g/mol. The van der Waals surface area contributed by atoms with E-state index in [2.05, 4.69) is 0 Å². The summed E-state index contributed by atoms with van der Waals surface area (Å²) in [5.74, 6) is -0.141. The zero-order valence-corrected chi connectivity index (χ0v) is 11.3. The lowest BCUT2D eigenvalue weighted by Crippen LogP contribution is -2.13. The van der Waals surface area contributed by atoms with Crippen molar-refractivity contribution in [2.45, 2.75) is 11.3 Å². The van der Waals surface area contributed by atoms with Crippen molar-refractivity contribution in [2.75, 3.05) is 0 Å². The smallest absolute Gasteiger partial charge is 0.315 e. The molecule has 0 aromatic heterocycles. The number of esters is 1. The Morgan fingerprint density at radius 2 is 1.60 bits per heavy atom. The van der Waals surface area contributed by atoms with E-state index >= 15 is 0 Å². The van der Waals surface area contributed by atoms with Crippen molar-refractivity contribution in [2.24, 2.45) is 5.14 Å². The number of sulfonamides is 1. The Kier molecular flexibility index (Phi) is 4.16. The maximum Gasteiger partial charge on any atom is 0.315 e. The van der Waals surface area contributed by atoms with Crippen molar-refractivity contribution in [1.82, 2.24) is 0 Å². The minimum absolute atomic E-state index is 0.0274. The SMILES string of the molecule is NS(=O)(=O)c1ccc(OC(=O)Cc2ccccc2)cc1. The number of carbonyl (C=O) groups excluding carboxylic acids is 1. The molecule has 2 N–H and O–H groups in total. The fourth-order valence-corrected chi connectivity index (χ4v) is 2.14. The molecule has 0 atom stereocenters. The van der Waals surface area contributed by atoms with Crippen LogP contribution in [0.2, 0.25) is 0 Å². The molecule has 2 rings (SSSR count). The molecule has 5 nitrogen and oxygen atoms in total. The van der Waals surface area contributed by atoms with Crippen LogP contribution in [0, 0.1) is 0 Å². The molecule has 0 aliphatic rings. The molecule has 2 aromatic carbocycles. The van der Waals surface area contributed by atoms with E-state index in [4.69, 9.17) is 9.88 Å². The maximum absolute atomic E-state index is 11.7. The molecule has 0 saturated carbocycles. The van der Waals surface area contributed by atoms with Gasteiger partial charge < -0.3 is 4.74 Å². The summed E-state index contributed by atoms with van der Waals surface area (Å²) in [4.78, 5) is 11.7. The van der Waals surface area contributed by atoms with Crippen LogP contribution in [-0.4, -0.2) is 14.4 Å². The van der Waals surface area contributed by atoms with E-state index in [-0.39, 0.29) is 17.1 Å². The summed E-state index contributed by atoms with van der Waals surface area (Å²) in [5, 5.41) is 4.97. The highest BCUT2D eigenvalue weighted by atomic mass is 32.2. The van der Waals surface area contributed by atoms with Crippen molar-refractivity contribution in [3.8, 4) is 5.75 Å². The first-order valence-electron chi connectivity index (χ1n) is 5.82. The van der Waals surface area contributed by atoms with E-state index < -0.39 is 16.0 Å². The molecular weight excluding hydrogens is 278 g/mol. The fraction of sp³-hybridized carbons (Fsp3) is 0.0714. The molecule has 20 heavy (non-hydrogen) atoms. The Morgan fingerprint density at radius 3 is 2.15 bits per heavy atom. The Bertz CT molecular complexity index is 694. The molecule has 0 fully saturated rings. The van der Waals surface area contributed by atoms with Crippen LogP contribution in [0.4, 0.5) is 0 Å². The number of benzene rings is 2. The lowest BCUT2D eigenvalue weighted by molar-refractivity contribution is -0.133. The van der Waals surface area contributed by atoms with Gasteiger partial charge in [0.15, 0.2) is 0 Å². The van der Waals surface area contributed by atoms with Gasteiger partial charge in [0.25, 0.3) is 0 Å². The van der Waals surface area contributed by atoms with Crippen LogP contribution in [0.1, 0.15) is 5.56 Å². The first kappa shape index (κ1) is 14.2. The summed E-state index contributed by atoms with van der Waals surface area (Å²) in [6.07, 6.45) is 0.151. The molecule has 0 heterocycles. The van der Waals surface area contributed by atoms with Crippen LogP contribution in [0.25, 0.3) is 0 Å². The molecule has 0 spiro atoms. The van der Waals surface area contributed by atoms with E-state index in [1.54, 1.807) is 0 Å². The lowest BCUT2D eigenvalue weighted by atomic mass is 10.2. The van der Waals surface area contributed by atoms with Gasteiger partial charge in [0.1, 0.15) is 5.75 Å². The summed E-state index contributed by atoms with van der Waals surface area (Å²) in [6.45, 7) is 0. The summed E-state index contributed by atoms with van der Waals surface area (Å²) >= 11 is 0. The van der Waals surface area contributed by atoms with Crippen LogP contribution in [-0.2, 0) is 21.2 Å². The molecule has 2 aromatic rings. The standard InChI is InChI=1S/C14H13NO4S/c15-20(17,18)13-8-6-12(7-9-13)19-14(16)10-11-4-2-1-3-5-11/h1-9H,10H2,(H2,15,17,18). The van der Waals surface area contributed by atoms with E-state index in [1.807, 2.05) is 30.3 Å². The molecule has 0 aliphatic carbocycles. The summed E-state index contributed by atoms with van der Waals surface area (Å²) in [6, 6.07) is 14.6. The predicted molar refractivity (Wildman–Crippen MR) is 73.6 cm³/mol. The molecule has 0 aliphatic heterocycles. The summed E-state index contributed by atoms with van der Waals surface area (Å²) in [7, 11) is -3.74. The zero-order valence-electron chi connectivity index (χ0n) is 10.5. The van der Waals surface area contributed by atoms with Gasteiger partial charge in [0.05, 0.1) is 11.3 Å². The van der Waals surface area contributed by atoms with Gasteiger partial charge in [-0.05, 0) is 29.8 Å². The number of hydrogen-bond donors (Lipinski definition) is 1. The van der Waals surface area contributed by atoms with Gasteiger partial charge in [0.2, 0.25) is 10.0 Å². The largest absolute Gasteiger partial charge is 0.426 e. The van der Waals surface area contributed by atoms with Gasteiger partial charge in [-0.3, -0.25) is 4.79 Å². The maximum atomic E-state index is 11.7. The second-order valence-corrected chi connectivity index (χ2v) is 5.71. The van der Waals surface area contributed by atoms with Gasteiger partial charge in [-0.2, -0.15) is 0 Å². The van der Waals surface area contributed by atoms with Crippen molar-refractivity contribution in [3.63, 3.8) is 0 Å². The number of primary sulfonamides is 1. The highest BCUT2D eigenvalue weighted by molar-refractivity contribution is 7.89. The molecule has 0 bridgehead atoms. The predicted octanol–water partition coefficient (Wildman–Crippen LogP) is 1.48. The van der Waals surface area contributed by atoms with Crippen LogP contribution < -0.4 is 9.88 Å². The molecule has 0 saturated heterocycles. The Hall–Kier alpha value is -2.18. The Balaban J connectivity index is 2.02. The molecule has 104 valence electrons. The molecule has 6 heteroatoms. The summed E-state index contributed by atoms with van der Waals surface area (Å²) < 4.78 is 27.3. The highest BCUT2D eigenvalue weighted by Gasteiger charge is 2.09. The Morgan fingerprint density at radius 1 is 1.00 bits per heavy atom. The number of hydrogen-bond acceptors (Lipinski definition) is 4. The van der Waals surface area contributed by atoms with Crippen molar-refractivity contribution < 1.29 is 17.9 Å². The average Bonchev–Trinajstić information content (AvgIpc) is 2.39. The number of nitrogens with two attached hydrogens (primary N) is 1. The van der Waals surface area contributed by atoms with Gasteiger partial charge in [0, 0.05) is 0 Å². The highest BCUT2D eigenvalue weighted by Crippen LogP contribution is 2.15. The topological polar surface area (TPSA) is 86.5 Å². The van der Waals surface area contributed by atoms with E-state index in [1.165, 1.54) is 24.3 Å². The first-order valence-corrected chi connectivity index (χ1v) is 7.37. The third-order valence-corrected chi connectivity index (χ3v) is 3.50. The number of ether oxygens (including phenoxy) is 1. The second kappa shape index (κ2) is 5.85. The molecule has 0 amide bonds. The summed E-state index contributed by atoms with van der Waals surface area (Å²) in [5.41, 5.74) is 0.846. The zero-order chi connectivity index (χ0) is 14.6. The number of carbonyl (C=O) groups is 1. The van der Waals surface area contributed by atoms with Crippen molar-refractivity contribution in [3.05, 3.63) is 60.2 Å². The van der Waals surface area contributed by atoms with Crippen LogP contribution in [0.3, 0.4) is 0 Å². The normalized spacial score (nSPS) is 11.1. The lowest BCUT2D eigenvalue weighted by Gasteiger charge is -2.05. The minimum Gasteiger partial charge on any atom is -0.426 e. The van der Waals surface area contributed by atoms with Gasteiger partial charge >= 0.3 is 5.97 Å². The van der Waals surface area contributed by atoms with E-state index in [0.717, 1.165) is 5.56 Å². The van der Waals surface area contributed by atoms with Gasteiger partial charge in [-0.25, -0.2) is 13.6 Å². The van der Waals surface area contributed by atoms with Crippen LogP contribution in [0.5, 0.6) is 5.75 Å². The van der Waals surface area contributed by atoms with Gasteiger partial charge in [-0.15, -0.1) is 0 Å². The van der Waals surface area contributed by atoms with Crippen LogP contribution >= 0.6 is 0 Å². The van der Waals surface area contributed by atoms with Crippen molar-refractivity contribution in [1.29, 1.82) is 0 Å². The number of rotatable bonds is 4. The van der Waals surface area contributed by atoms with Crippen molar-refractivity contribution >= 4 is 16.0 Å². The minimum atomic E-state index is -3.74. The van der Waals surface area contributed by atoms with Crippen LogP contribution in [0.15, 0.2) is 59.5 Å². The monoisotopic (exact) mass is 291 g/mol. The van der Waals surface area contributed by atoms with Gasteiger partial charge in [-0.1, -0.05) is 30.3 Å².